The molecule has 2 unspecified atom stereocenters. The summed E-state index contributed by atoms with van der Waals surface area (Å²) in [5.74, 6) is 0.595. The van der Waals surface area contributed by atoms with Crippen molar-refractivity contribution in [2.45, 2.75) is 31.8 Å². The lowest BCUT2D eigenvalue weighted by atomic mass is 9.81. The average Bonchev–Trinajstić information content (AvgIpc) is 2.51. The highest BCUT2D eigenvalue weighted by molar-refractivity contribution is 7.80. The molecule has 1 aliphatic carbocycles. The zero-order valence-corrected chi connectivity index (χ0v) is 9.16. The summed E-state index contributed by atoms with van der Waals surface area (Å²) >= 11 is 6.75. The number of rotatable bonds is 2. The fraction of sp³-hybridized carbons (Fsp3) is 0.500. The SMILES string of the molecule is CC(=S)OC1CCC1c1cccs1. The van der Waals surface area contributed by atoms with E-state index in [2.05, 4.69) is 17.5 Å². The first-order valence-electron chi connectivity index (χ1n) is 4.48. The molecule has 1 fully saturated rings. The quantitative estimate of drug-likeness (QED) is 0.695. The van der Waals surface area contributed by atoms with Crippen molar-refractivity contribution in [2.24, 2.45) is 0 Å². The number of hydrogen-bond donors (Lipinski definition) is 0. The molecule has 1 aliphatic rings. The molecule has 1 heterocycles. The fourth-order valence-corrected chi connectivity index (χ4v) is 2.69. The Morgan fingerprint density at radius 1 is 1.62 bits per heavy atom. The van der Waals surface area contributed by atoms with Crippen LogP contribution in [0.2, 0.25) is 0 Å². The Balaban J connectivity index is 1.99. The molecule has 1 aromatic heterocycles. The summed E-state index contributed by atoms with van der Waals surface area (Å²) in [6.07, 6.45) is 2.74. The zero-order valence-electron chi connectivity index (χ0n) is 7.53. The second-order valence-corrected chi connectivity index (χ2v) is 4.90. The lowest BCUT2D eigenvalue weighted by Gasteiger charge is -2.35. The van der Waals surface area contributed by atoms with Gasteiger partial charge in [0.2, 0.25) is 0 Å². The topological polar surface area (TPSA) is 9.23 Å². The molecule has 0 aliphatic heterocycles. The summed E-state index contributed by atoms with van der Waals surface area (Å²) in [6, 6.07) is 4.28. The van der Waals surface area contributed by atoms with Crippen LogP contribution in [0.5, 0.6) is 0 Å². The van der Waals surface area contributed by atoms with Crippen molar-refractivity contribution in [1.82, 2.24) is 0 Å². The second-order valence-electron chi connectivity index (χ2n) is 3.35. The number of ether oxygens (including phenoxy) is 1. The largest absolute Gasteiger partial charge is 0.484 e. The molecule has 70 valence electrons. The van der Waals surface area contributed by atoms with Gasteiger partial charge in [0.05, 0.1) is 0 Å². The molecule has 13 heavy (non-hydrogen) atoms. The summed E-state index contributed by atoms with van der Waals surface area (Å²) < 4.78 is 5.56. The molecular weight excluding hydrogens is 200 g/mol. The minimum absolute atomic E-state index is 0.344. The molecule has 0 radical (unpaired) electrons. The molecule has 1 aromatic rings. The van der Waals surface area contributed by atoms with Gasteiger partial charge in [-0.05, 0) is 36.5 Å². The van der Waals surface area contributed by atoms with Crippen molar-refractivity contribution in [3.63, 3.8) is 0 Å². The minimum Gasteiger partial charge on any atom is -0.484 e. The maximum atomic E-state index is 5.56. The van der Waals surface area contributed by atoms with E-state index in [9.17, 15) is 0 Å². The third-order valence-corrected chi connectivity index (χ3v) is 3.54. The van der Waals surface area contributed by atoms with Gasteiger partial charge in [0.25, 0.3) is 0 Å². The lowest BCUT2D eigenvalue weighted by Crippen LogP contribution is -2.32. The van der Waals surface area contributed by atoms with Crippen molar-refractivity contribution in [3.05, 3.63) is 22.4 Å². The fourth-order valence-electron chi connectivity index (χ4n) is 1.65. The van der Waals surface area contributed by atoms with Gasteiger partial charge in [-0.3, -0.25) is 0 Å². The Bertz CT molecular complexity index is 292. The van der Waals surface area contributed by atoms with Crippen LogP contribution in [0.4, 0.5) is 0 Å². The Morgan fingerprint density at radius 2 is 2.46 bits per heavy atom. The number of thiocarbonyl (C=S) groups is 1. The van der Waals surface area contributed by atoms with Gasteiger partial charge in [0, 0.05) is 17.7 Å². The Hall–Kier alpha value is -0.410. The van der Waals surface area contributed by atoms with Crippen LogP contribution < -0.4 is 0 Å². The van der Waals surface area contributed by atoms with Crippen molar-refractivity contribution >= 4 is 28.6 Å². The van der Waals surface area contributed by atoms with Gasteiger partial charge in [-0.15, -0.1) is 11.3 Å². The Morgan fingerprint density at radius 3 is 2.92 bits per heavy atom. The highest BCUT2D eigenvalue weighted by Crippen LogP contribution is 2.41. The zero-order chi connectivity index (χ0) is 9.26. The molecule has 0 saturated heterocycles. The van der Waals surface area contributed by atoms with Crippen LogP contribution in [0.3, 0.4) is 0 Å². The van der Waals surface area contributed by atoms with E-state index in [4.69, 9.17) is 17.0 Å². The van der Waals surface area contributed by atoms with E-state index in [0.29, 0.717) is 17.1 Å². The van der Waals surface area contributed by atoms with Crippen molar-refractivity contribution < 1.29 is 4.74 Å². The van der Waals surface area contributed by atoms with Crippen LogP contribution in [0.25, 0.3) is 0 Å². The standard InChI is InChI=1S/C10H12OS2/c1-7(12)11-9-5-4-8(9)10-3-2-6-13-10/h2-3,6,8-9H,4-5H2,1H3. The van der Waals surface area contributed by atoms with Gasteiger partial charge in [0.15, 0.2) is 5.05 Å². The van der Waals surface area contributed by atoms with Crippen molar-refractivity contribution in [1.29, 1.82) is 0 Å². The van der Waals surface area contributed by atoms with Crippen LogP contribution in [-0.2, 0) is 4.74 Å². The van der Waals surface area contributed by atoms with Gasteiger partial charge < -0.3 is 4.74 Å². The first-order valence-corrected chi connectivity index (χ1v) is 5.77. The maximum Gasteiger partial charge on any atom is 0.157 e. The van der Waals surface area contributed by atoms with E-state index in [0.717, 1.165) is 6.42 Å². The third kappa shape index (κ3) is 1.92. The van der Waals surface area contributed by atoms with E-state index in [1.54, 1.807) is 0 Å². The summed E-state index contributed by atoms with van der Waals surface area (Å²) in [5, 5.41) is 2.79. The van der Waals surface area contributed by atoms with Gasteiger partial charge in [-0.2, -0.15) is 0 Å². The van der Waals surface area contributed by atoms with Gasteiger partial charge in [-0.25, -0.2) is 0 Å². The summed E-state index contributed by atoms with van der Waals surface area (Å²) in [7, 11) is 0. The third-order valence-electron chi connectivity index (χ3n) is 2.44. The highest BCUT2D eigenvalue weighted by Gasteiger charge is 2.34. The van der Waals surface area contributed by atoms with Crippen LogP contribution in [0.15, 0.2) is 17.5 Å². The highest BCUT2D eigenvalue weighted by atomic mass is 32.1. The molecule has 0 amide bonds. The van der Waals surface area contributed by atoms with Crippen molar-refractivity contribution in [2.75, 3.05) is 0 Å². The average molecular weight is 212 g/mol. The first kappa shape index (κ1) is 9.16. The number of hydrogen-bond acceptors (Lipinski definition) is 3. The summed E-state index contributed by atoms with van der Waals surface area (Å²) in [6.45, 7) is 1.85. The van der Waals surface area contributed by atoms with Gasteiger partial charge >= 0.3 is 0 Å². The monoisotopic (exact) mass is 212 g/mol. The molecule has 0 N–H and O–H groups in total. The van der Waals surface area contributed by atoms with Crippen LogP contribution >= 0.6 is 23.6 Å². The Labute approximate surface area is 87.7 Å². The smallest absolute Gasteiger partial charge is 0.157 e. The molecule has 1 nitrogen and oxygen atoms in total. The van der Waals surface area contributed by atoms with Crippen molar-refractivity contribution in [3.8, 4) is 0 Å². The molecule has 0 spiro atoms. The Kier molecular flexibility index (Phi) is 2.65. The normalized spacial score (nSPS) is 26.5. The van der Waals surface area contributed by atoms with Gasteiger partial charge in [-0.1, -0.05) is 6.07 Å². The van der Waals surface area contributed by atoms with Crippen LogP contribution in [0.1, 0.15) is 30.6 Å². The van der Waals surface area contributed by atoms with E-state index < -0.39 is 0 Å². The van der Waals surface area contributed by atoms with E-state index >= 15 is 0 Å². The number of thiophene rings is 1. The molecule has 1 saturated carbocycles. The van der Waals surface area contributed by atoms with Crippen LogP contribution in [-0.4, -0.2) is 11.2 Å². The predicted octanol–water partition coefficient (Wildman–Crippen LogP) is 3.36. The predicted molar refractivity (Wildman–Crippen MR) is 59.4 cm³/mol. The molecular formula is C10H12OS2. The minimum atomic E-state index is 0.344. The van der Waals surface area contributed by atoms with E-state index in [1.165, 1.54) is 11.3 Å². The first-order chi connectivity index (χ1) is 6.27. The molecule has 2 atom stereocenters. The lowest BCUT2D eigenvalue weighted by molar-refractivity contribution is 0.0833. The molecule has 0 aromatic carbocycles. The van der Waals surface area contributed by atoms with Crippen LogP contribution in [0, 0.1) is 0 Å². The molecule has 0 bridgehead atoms. The maximum absolute atomic E-state index is 5.56. The summed E-state index contributed by atoms with van der Waals surface area (Å²) in [4.78, 5) is 1.44. The summed E-state index contributed by atoms with van der Waals surface area (Å²) in [5.41, 5.74) is 0. The van der Waals surface area contributed by atoms with E-state index in [-0.39, 0.29) is 0 Å². The molecule has 3 heteroatoms. The van der Waals surface area contributed by atoms with Gasteiger partial charge in [0.1, 0.15) is 6.10 Å². The second kappa shape index (κ2) is 3.76. The van der Waals surface area contributed by atoms with E-state index in [1.807, 2.05) is 18.3 Å². The molecule has 2 rings (SSSR count).